The standard InChI is InChI=1S/C15H14Cl2N2O3S/c1-19(2)23(21,22)14-6-4-3-5-13(14)18-15(20)11-9-10(16)7-8-12(11)17/h3-9H,1-2H3,(H,18,20). The van der Waals surface area contributed by atoms with Crippen molar-refractivity contribution in [3.63, 3.8) is 0 Å². The van der Waals surface area contributed by atoms with E-state index in [-0.39, 0.29) is 21.2 Å². The Hall–Kier alpha value is -1.60. The number of anilines is 1. The van der Waals surface area contributed by atoms with E-state index in [1.165, 1.54) is 38.4 Å². The summed E-state index contributed by atoms with van der Waals surface area (Å²) in [7, 11) is -0.857. The normalized spacial score (nSPS) is 11.5. The number of carbonyl (C=O) groups excluding carboxylic acids is 1. The second kappa shape index (κ2) is 6.88. The van der Waals surface area contributed by atoms with Crippen LogP contribution in [0.25, 0.3) is 0 Å². The highest BCUT2D eigenvalue weighted by molar-refractivity contribution is 7.89. The molecule has 5 nitrogen and oxygen atoms in total. The number of para-hydroxylation sites is 1. The van der Waals surface area contributed by atoms with E-state index in [0.29, 0.717) is 5.02 Å². The van der Waals surface area contributed by atoms with Crippen molar-refractivity contribution in [1.29, 1.82) is 0 Å². The molecule has 0 bridgehead atoms. The Morgan fingerprint density at radius 1 is 1.09 bits per heavy atom. The van der Waals surface area contributed by atoms with Gasteiger partial charge in [-0.15, -0.1) is 0 Å². The van der Waals surface area contributed by atoms with E-state index in [1.807, 2.05) is 0 Å². The van der Waals surface area contributed by atoms with Gasteiger partial charge in [-0.05, 0) is 30.3 Å². The molecule has 0 heterocycles. The fourth-order valence-corrected chi connectivity index (χ4v) is 3.27. The molecule has 8 heteroatoms. The number of sulfonamides is 1. The van der Waals surface area contributed by atoms with Gasteiger partial charge < -0.3 is 5.32 Å². The first-order valence-electron chi connectivity index (χ1n) is 6.51. The number of carbonyl (C=O) groups is 1. The van der Waals surface area contributed by atoms with Crippen LogP contribution in [0.2, 0.25) is 10.0 Å². The van der Waals surface area contributed by atoms with Crippen LogP contribution in [0.4, 0.5) is 5.69 Å². The summed E-state index contributed by atoms with van der Waals surface area (Å²) in [4.78, 5) is 12.4. The number of hydrogen-bond donors (Lipinski definition) is 1. The number of rotatable bonds is 4. The van der Waals surface area contributed by atoms with Crippen LogP contribution >= 0.6 is 23.2 Å². The molecule has 2 rings (SSSR count). The lowest BCUT2D eigenvalue weighted by atomic mass is 10.2. The van der Waals surface area contributed by atoms with E-state index >= 15 is 0 Å². The molecule has 1 N–H and O–H groups in total. The summed E-state index contributed by atoms with van der Waals surface area (Å²) in [6.07, 6.45) is 0. The zero-order valence-electron chi connectivity index (χ0n) is 12.4. The summed E-state index contributed by atoms with van der Waals surface area (Å²) in [5, 5.41) is 3.15. The van der Waals surface area contributed by atoms with Crippen LogP contribution < -0.4 is 5.32 Å². The maximum absolute atomic E-state index is 12.4. The number of nitrogens with one attached hydrogen (secondary N) is 1. The molecule has 2 aromatic carbocycles. The van der Waals surface area contributed by atoms with E-state index in [0.717, 1.165) is 4.31 Å². The number of hydrogen-bond acceptors (Lipinski definition) is 3. The molecule has 0 aliphatic carbocycles. The van der Waals surface area contributed by atoms with Crippen LogP contribution in [0.3, 0.4) is 0 Å². The van der Waals surface area contributed by atoms with Gasteiger partial charge in [0.05, 0.1) is 16.3 Å². The fraction of sp³-hybridized carbons (Fsp3) is 0.133. The molecule has 0 radical (unpaired) electrons. The highest BCUT2D eigenvalue weighted by Gasteiger charge is 2.22. The Morgan fingerprint density at radius 2 is 1.74 bits per heavy atom. The largest absolute Gasteiger partial charge is 0.321 e. The molecule has 0 saturated carbocycles. The average molecular weight is 373 g/mol. The van der Waals surface area contributed by atoms with Crippen molar-refractivity contribution in [2.45, 2.75) is 4.90 Å². The molecule has 23 heavy (non-hydrogen) atoms. The third kappa shape index (κ3) is 3.84. The van der Waals surface area contributed by atoms with Gasteiger partial charge in [-0.25, -0.2) is 12.7 Å². The molecule has 0 unspecified atom stereocenters. The maximum Gasteiger partial charge on any atom is 0.257 e. The van der Waals surface area contributed by atoms with E-state index < -0.39 is 15.9 Å². The van der Waals surface area contributed by atoms with Gasteiger partial charge in [0.15, 0.2) is 0 Å². The quantitative estimate of drug-likeness (QED) is 0.892. The molecule has 0 aliphatic heterocycles. The Morgan fingerprint density at radius 3 is 2.39 bits per heavy atom. The molecule has 0 saturated heterocycles. The topological polar surface area (TPSA) is 66.5 Å². The van der Waals surface area contributed by atoms with E-state index in [2.05, 4.69) is 5.32 Å². The van der Waals surface area contributed by atoms with Gasteiger partial charge in [0.1, 0.15) is 4.90 Å². The summed E-state index contributed by atoms with van der Waals surface area (Å²) in [6.45, 7) is 0. The zero-order valence-corrected chi connectivity index (χ0v) is 14.7. The molecule has 0 spiro atoms. The molecule has 0 aliphatic rings. The van der Waals surface area contributed by atoms with E-state index in [4.69, 9.17) is 23.2 Å². The summed E-state index contributed by atoms with van der Waals surface area (Å²) < 4.78 is 25.7. The van der Waals surface area contributed by atoms with Crippen molar-refractivity contribution >= 4 is 44.8 Å². The zero-order chi connectivity index (χ0) is 17.2. The Balaban J connectivity index is 2.42. The SMILES string of the molecule is CN(C)S(=O)(=O)c1ccccc1NC(=O)c1cc(Cl)ccc1Cl. The minimum Gasteiger partial charge on any atom is -0.321 e. The lowest BCUT2D eigenvalue weighted by Crippen LogP contribution is -2.24. The van der Waals surface area contributed by atoms with Crippen LogP contribution in [0, 0.1) is 0 Å². The third-order valence-corrected chi connectivity index (χ3v) is 5.50. The summed E-state index contributed by atoms with van der Waals surface area (Å²) >= 11 is 11.9. The van der Waals surface area contributed by atoms with Crippen LogP contribution in [-0.2, 0) is 10.0 Å². The Kier molecular flexibility index (Phi) is 5.31. The minimum absolute atomic E-state index is 0.00324. The van der Waals surface area contributed by atoms with Gasteiger partial charge >= 0.3 is 0 Å². The fourth-order valence-electron chi connectivity index (χ4n) is 1.85. The number of amides is 1. The van der Waals surface area contributed by atoms with Crippen molar-refractivity contribution in [2.24, 2.45) is 0 Å². The predicted octanol–water partition coefficient (Wildman–Crippen LogP) is 3.50. The van der Waals surface area contributed by atoms with Crippen molar-refractivity contribution in [1.82, 2.24) is 4.31 Å². The van der Waals surface area contributed by atoms with Crippen molar-refractivity contribution in [3.8, 4) is 0 Å². The summed E-state index contributed by atoms with van der Waals surface area (Å²) in [5.41, 5.74) is 0.332. The molecule has 0 aromatic heterocycles. The Labute approximate surface area is 144 Å². The second-order valence-corrected chi connectivity index (χ2v) is 7.83. The van der Waals surface area contributed by atoms with Crippen LogP contribution in [0.1, 0.15) is 10.4 Å². The first-order chi connectivity index (χ1) is 10.7. The van der Waals surface area contributed by atoms with Crippen molar-refractivity contribution < 1.29 is 13.2 Å². The summed E-state index contributed by atoms with van der Waals surface area (Å²) in [6, 6.07) is 10.6. The molecule has 0 atom stereocenters. The first-order valence-corrected chi connectivity index (χ1v) is 8.71. The van der Waals surface area contributed by atoms with Gasteiger partial charge in [0.2, 0.25) is 10.0 Å². The number of benzene rings is 2. The molecular formula is C15H14Cl2N2O3S. The van der Waals surface area contributed by atoms with Crippen LogP contribution in [0.15, 0.2) is 47.4 Å². The van der Waals surface area contributed by atoms with Crippen molar-refractivity contribution in [3.05, 3.63) is 58.1 Å². The minimum atomic E-state index is -3.69. The van der Waals surface area contributed by atoms with Crippen LogP contribution in [0.5, 0.6) is 0 Å². The Bertz CT molecular complexity index is 852. The van der Waals surface area contributed by atoms with Gasteiger partial charge in [-0.2, -0.15) is 0 Å². The highest BCUT2D eigenvalue weighted by Crippen LogP contribution is 2.26. The third-order valence-electron chi connectivity index (χ3n) is 3.07. The smallest absolute Gasteiger partial charge is 0.257 e. The van der Waals surface area contributed by atoms with Gasteiger partial charge in [-0.3, -0.25) is 4.79 Å². The van der Waals surface area contributed by atoms with E-state index in [9.17, 15) is 13.2 Å². The second-order valence-electron chi connectivity index (χ2n) is 4.86. The number of halogens is 2. The molecule has 122 valence electrons. The average Bonchev–Trinajstić information content (AvgIpc) is 2.49. The van der Waals surface area contributed by atoms with Gasteiger partial charge in [0, 0.05) is 19.1 Å². The molecule has 2 aromatic rings. The highest BCUT2D eigenvalue weighted by atomic mass is 35.5. The molecular weight excluding hydrogens is 359 g/mol. The molecule has 1 amide bonds. The number of nitrogens with zero attached hydrogens (tertiary/aromatic N) is 1. The van der Waals surface area contributed by atoms with Gasteiger partial charge in [-0.1, -0.05) is 35.3 Å². The maximum atomic E-state index is 12.4. The lowest BCUT2D eigenvalue weighted by Gasteiger charge is -2.16. The summed E-state index contributed by atoms with van der Waals surface area (Å²) in [5.74, 6) is -0.543. The predicted molar refractivity (Wildman–Crippen MR) is 91.7 cm³/mol. The van der Waals surface area contributed by atoms with Crippen molar-refractivity contribution in [2.75, 3.05) is 19.4 Å². The van der Waals surface area contributed by atoms with Crippen LogP contribution in [-0.4, -0.2) is 32.7 Å². The van der Waals surface area contributed by atoms with E-state index in [1.54, 1.807) is 18.2 Å². The first kappa shape index (κ1) is 17.7. The molecule has 0 fully saturated rings. The van der Waals surface area contributed by atoms with Gasteiger partial charge in [0.25, 0.3) is 5.91 Å². The monoisotopic (exact) mass is 372 g/mol. The lowest BCUT2D eigenvalue weighted by molar-refractivity contribution is 0.102.